The van der Waals surface area contributed by atoms with Gasteiger partial charge in [-0.1, -0.05) is 24.3 Å². The smallest absolute Gasteiger partial charge is 0.321 e. The molecule has 26 heavy (non-hydrogen) atoms. The van der Waals surface area contributed by atoms with Gasteiger partial charge in [-0.2, -0.15) is 0 Å². The normalized spacial score (nSPS) is 17.8. The van der Waals surface area contributed by atoms with Gasteiger partial charge in [0.15, 0.2) is 5.41 Å². The Hall–Kier alpha value is -3.22. The van der Waals surface area contributed by atoms with Gasteiger partial charge in [0, 0.05) is 5.69 Å². The molecule has 0 aromatic heterocycles. The lowest BCUT2D eigenvalue weighted by molar-refractivity contribution is -0.166. The van der Waals surface area contributed by atoms with Crippen LogP contribution in [0.5, 0.6) is 0 Å². The van der Waals surface area contributed by atoms with E-state index in [0.29, 0.717) is 16.8 Å². The zero-order valence-corrected chi connectivity index (χ0v) is 13.6. The second-order valence-corrected chi connectivity index (χ2v) is 6.32. The summed E-state index contributed by atoms with van der Waals surface area (Å²) in [4.78, 5) is 36.2. The van der Waals surface area contributed by atoms with E-state index in [1.54, 1.807) is 30.3 Å². The van der Waals surface area contributed by atoms with Crippen molar-refractivity contribution < 1.29 is 29.0 Å². The molecule has 7 heteroatoms. The Bertz CT molecular complexity index is 867. The van der Waals surface area contributed by atoms with E-state index >= 15 is 0 Å². The number of fused-ring (bicyclic) bond motifs is 1. The van der Waals surface area contributed by atoms with Gasteiger partial charge < -0.3 is 15.5 Å². The Morgan fingerprint density at radius 3 is 2.31 bits per heavy atom. The van der Waals surface area contributed by atoms with Crippen molar-refractivity contribution in [2.75, 3.05) is 5.32 Å². The third-order valence-corrected chi connectivity index (χ3v) is 4.70. The van der Waals surface area contributed by atoms with E-state index in [4.69, 9.17) is 0 Å². The van der Waals surface area contributed by atoms with Crippen LogP contribution in [0.4, 0.5) is 10.1 Å². The molecule has 134 valence electrons. The summed E-state index contributed by atoms with van der Waals surface area (Å²) >= 11 is 0. The molecule has 0 saturated heterocycles. The molecule has 0 heterocycles. The van der Waals surface area contributed by atoms with Crippen LogP contribution in [0.15, 0.2) is 48.5 Å². The maximum Gasteiger partial charge on any atom is 0.321 e. The molecule has 1 amide bonds. The minimum atomic E-state index is -2.14. The molecule has 0 bridgehead atoms. The van der Waals surface area contributed by atoms with Crippen molar-refractivity contribution in [3.63, 3.8) is 0 Å². The molecule has 0 spiro atoms. The lowest BCUT2D eigenvalue weighted by Gasteiger charge is -2.35. The molecule has 3 N–H and O–H groups in total. The predicted octanol–water partition coefficient (Wildman–Crippen LogP) is 2.65. The lowest BCUT2D eigenvalue weighted by atomic mass is 9.66. The van der Waals surface area contributed by atoms with Crippen LogP contribution >= 0.6 is 0 Å². The number of halogens is 1. The molecule has 1 unspecified atom stereocenters. The average molecular weight is 357 g/mol. The molecule has 3 rings (SSSR count). The van der Waals surface area contributed by atoms with Gasteiger partial charge in [-0.25, -0.2) is 4.39 Å². The quantitative estimate of drug-likeness (QED) is 0.730. The average Bonchev–Trinajstić information content (AvgIpc) is 2.61. The molecule has 2 aromatic carbocycles. The number of carboxylic acids is 2. The maximum atomic E-state index is 13.7. The number of hydrogen-bond donors (Lipinski definition) is 3. The Kier molecular flexibility index (Phi) is 4.46. The van der Waals surface area contributed by atoms with E-state index in [1.165, 1.54) is 6.07 Å². The molecule has 1 aliphatic carbocycles. The zero-order chi connectivity index (χ0) is 18.9. The third kappa shape index (κ3) is 3.03. The maximum absolute atomic E-state index is 13.7. The third-order valence-electron chi connectivity index (χ3n) is 4.70. The number of aliphatic carboxylic acids is 2. The summed E-state index contributed by atoms with van der Waals surface area (Å²) in [5.74, 6) is -5.27. The van der Waals surface area contributed by atoms with E-state index < -0.39 is 41.4 Å². The van der Waals surface area contributed by atoms with E-state index in [-0.39, 0.29) is 6.42 Å². The first-order valence-electron chi connectivity index (χ1n) is 7.94. The van der Waals surface area contributed by atoms with Crippen LogP contribution in [0.25, 0.3) is 0 Å². The van der Waals surface area contributed by atoms with Crippen molar-refractivity contribution in [3.05, 3.63) is 65.5 Å². The Labute approximate surface area is 148 Å². The highest BCUT2D eigenvalue weighted by Gasteiger charge is 2.53. The second kappa shape index (κ2) is 6.59. The highest BCUT2D eigenvalue weighted by molar-refractivity contribution is 6.02. The standard InChI is InChI=1S/C19H16FNO5/c20-12-7-6-11-9-19(17(23)24,18(25)26)10-15(14(11)8-12)16(22)21-13-4-2-1-3-5-13/h1-8,15H,9-10H2,(H,21,22)(H,23,24)(H,25,26). The monoisotopic (exact) mass is 357 g/mol. The predicted molar refractivity (Wildman–Crippen MR) is 90.2 cm³/mol. The second-order valence-electron chi connectivity index (χ2n) is 6.32. The molecule has 2 aromatic rings. The minimum absolute atomic E-state index is 0.303. The Morgan fingerprint density at radius 2 is 1.69 bits per heavy atom. The summed E-state index contributed by atoms with van der Waals surface area (Å²) in [5, 5.41) is 21.7. The van der Waals surface area contributed by atoms with E-state index in [0.717, 1.165) is 12.1 Å². The van der Waals surface area contributed by atoms with E-state index in [2.05, 4.69) is 5.32 Å². The number of hydrogen-bond acceptors (Lipinski definition) is 3. The number of carbonyl (C=O) groups excluding carboxylic acids is 1. The summed E-state index contributed by atoms with van der Waals surface area (Å²) in [6, 6.07) is 12.1. The zero-order valence-electron chi connectivity index (χ0n) is 13.6. The van der Waals surface area contributed by atoms with Crippen LogP contribution in [-0.4, -0.2) is 28.1 Å². The van der Waals surface area contributed by atoms with Crippen molar-refractivity contribution in [3.8, 4) is 0 Å². The van der Waals surface area contributed by atoms with Crippen molar-refractivity contribution >= 4 is 23.5 Å². The van der Waals surface area contributed by atoms with Gasteiger partial charge in [-0.3, -0.25) is 14.4 Å². The fourth-order valence-electron chi connectivity index (χ4n) is 3.31. The highest BCUT2D eigenvalue weighted by Crippen LogP contribution is 2.44. The number of anilines is 1. The number of carbonyl (C=O) groups is 3. The molecular weight excluding hydrogens is 341 g/mol. The van der Waals surface area contributed by atoms with Gasteiger partial charge in [0.05, 0.1) is 5.92 Å². The van der Waals surface area contributed by atoms with Crippen LogP contribution < -0.4 is 5.32 Å². The van der Waals surface area contributed by atoms with Crippen molar-refractivity contribution in [2.45, 2.75) is 18.8 Å². The molecule has 0 saturated carbocycles. The molecule has 1 aliphatic rings. The SMILES string of the molecule is O=C(Nc1ccccc1)C1CC(C(=O)O)(C(=O)O)Cc2ccc(F)cc21. The molecule has 6 nitrogen and oxygen atoms in total. The van der Waals surface area contributed by atoms with Crippen molar-refractivity contribution in [1.82, 2.24) is 0 Å². The number of nitrogens with one attached hydrogen (secondary N) is 1. The number of benzene rings is 2. The molecule has 0 radical (unpaired) electrons. The van der Waals surface area contributed by atoms with Crippen LogP contribution in [0.2, 0.25) is 0 Å². The first-order valence-corrected chi connectivity index (χ1v) is 7.94. The summed E-state index contributed by atoms with van der Waals surface area (Å²) in [6.45, 7) is 0. The lowest BCUT2D eigenvalue weighted by Crippen LogP contribution is -2.47. The van der Waals surface area contributed by atoms with Gasteiger partial charge >= 0.3 is 11.9 Å². The first-order chi connectivity index (χ1) is 12.3. The van der Waals surface area contributed by atoms with Gasteiger partial charge in [-0.05, 0) is 48.2 Å². The van der Waals surface area contributed by atoms with E-state index in [1.807, 2.05) is 0 Å². The van der Waals surface area contributed by atoms with E-state index in [9.17, 15) is 29.0 Å². The minimum Gasteiger partial charge on any atom is -0.480 e. The topological polar surface area (TPSA) is 104 Å². The molecule has 0 aliphatic heterocycles. The fraction of sp³-hybridized carbons (Fsp3) is 0.211. The van der Waals surface area contributed by atoms with Crippen LogP contribution in [-0.2, 0) is 20.8 Å². The van der Waals surface area contributed by atoms with Crippen LogP contribution in [0, 0.1) is 11.2 Å². The van der Waals surface area contributed by atoms with Gasteiger partial charge in [0.25, 0.3) is 0 Å². The number of rotatable bonds is 4. The highest BCUT2D eigenvalue weighted by atomic mass is 19.1. The fourth-order valence-corrected chi connectivity index (χ4v) is 3.31. The van der Waals surface area contributed by atoms with Gasteiger partial charge in [-0.15, -0.1) is 0 Å². The first kappa shape index (κ1) is 17.6. The Balaban J connectivity index is 2.04. The summed E-state index contributed by atoms with van der Waals surface area (Å²) in [6.07, 6.45) is -0.755. The van der Waals surface area contributed by atoms with Crippen LogP contribution in [0.1, 0.15) is 23.5 Å². The Morgan fingerprint density at radius 1 is 1.04 bits per heavy atom. The summed E-state index contributed by atoms with van der Waals surface area (Å²) in [7, 11) is 0. The number of carboxylic acid groups (broad SMARTS) is 2. The molecule has 0 fully saturated rings. The molecule has 1 atom stereocenters. The van der Waals surface area contributed by atoms with Crippen LogP contribution in [0.3, 0.4) is 0 Å². The van der Waals surface area contributed by atoms with Gasteiger partial charge in [0.2, 0.25) is 5.91 Å². The molecular formula is C19H16FNO5. The van der Waals surface area contributed by atoms with Crippen molar-refractivity contribution in [1.29, 1.82) is 0 Å². The summed E-state index contributed by atoms with van der Waals surface area (Å²) in [5.41, 5.74) is -0.992. The number of para-hydroxylation sites is 1. The van der Waals surface area contributed by atoms with Crippen molar-refractivity contribution in [2.24, 2.45) is 5.41 Å². The largest absolute Gasteiger partial charge is 0.480 e. The summed E-state index contributed by atoms with van der Waals surface area (Å²) < 4.78 is 13.7. The van der Waals surface area contributed by atoms with Gasteiger partial charge in [0.1, 0.15) is 5.82 Å². The number of amides is 1.